The van der Waals surface area contributed by atoms with Gasteiger partial charge in [-0.1, -0.05) is 0 Å². The van der Waals surface area contributed by atoms with Crippen LogP contribution in [0.25, 0.3) is 10.9 Å². The molecule has 2 aromatic rings. The Kier molecular flexibility index (Phi) is 6.48. The van der Waals surface area contributed by atoms with Gasteiger partial charge in [-0.3, -0.25) is 15.2 Å². The van der Waals surface area contributed by atoms with Crippen LogP contribution in [-0.2, 0) is 10.9 Å². The number of rotatable bonds is 6. The van der Waals surface area contributed by atoms with Crippen molar-refractivity contribution in [2.75, 3.05) is 50.8 Å². The normalized spacial score (nSPS) is 26.0. The van der Waals surface area contributed by atoms with Crippen LogP contribution < -0.4 is 10.2 Å². The Bertz CT molecular complexity index is 962. The molecular weight excluding hydrogens is 433 g/mol. The maximum Gasteiger partial charge on any atom is 0.418 e. The van der Waals surface area contributed by atoms with Gasteiger partial charge in [0.15, 0.2) is 0 Å². The minimum Gasteiger partial charge on any atom is -0.379 e. The lowest BCUT2D eigenvalue weighted by atomic mass is 9.89. The number of nitrogens with one attached hydrogen (secondary N) is 1. The van der Waals surface area contributed by atoms with Gasteiger partial charge in [-0.15, -0.1) is 0 Å². The molecule has 2 saturated heterocycles. The van der Waals surface area contributed by atoms with Gasteiger partial charge < -0.3 is 14.7 Å². The first-order valence-corrected chi connectivity index (χ1v) is 11.8. The molecule has 1 aliphatic carbocycles. The van der Waals surface area contributed by atoms with Crippen molar-refractivity contribution >= 4 is 16.6 Å². The third-order valence-corrected chi connectivity index (χ3v) is 7.13. The number of morpholine rings is 1. The quantitative estimate of drug-likeness (QED) is 0.641. The number of anilines is 1. The molecule has 6 nitrogen and oxygen atoms in total. The molecule has 0 radical (unpaired) electrons. The van der Waals surface area contributed by atoms with Crippen molar-refractivity contribution < 1.29 is 23.0 Å². The highest BCUT2D eigenvalue weighted by Gasteiger charge is 2.39. The van der Waals surface area contributed by atoms with Gasteiger partial charge in [0.2, 0.25) is 0 Å². The molecule has 0 bridgehead atoms. The highest BCUT2D eigenvalue weighted by atomic mass is 19.4. The Hall–Kier alpha value is -1.94. The number of aromatic nitrogens is 1. The molecule has 180 valence electrons. The largest absolute Gasteiger partial charge is 0.418 e. The molecule has 1 saturated carbocycles. The van der Waals surface area contributed by atoms with Crippen LogP contribution in [0.5, 0.6) is 0 Å². The summed E-state index contributed by atoms with van der Waals surface area (Å²) in [5.41, 5.74) is 0.0760. The number of hydrogen-bond donors (Lipinski definition) is 2. The Morgan fingerprint density at radius 2 is 1.91 bits per heavy atom. The maximum absolute atomic E-state index is 13.6. The summed E-state index contributed by atoms with van der Waals surface area (Å²) in [5.74, 6) is 1.12. The molecule has 3 aliphatic rings. The Morgan fingerprint density at radius 1 is 1.12 bits per heavy atom. The highest BCUT2D eigenvalue weighted by molar-refractivity contribution is 5.94. The number of hydrogen-bond acceptors (Lipinski definition) is 6. The standard InChI is InChI=1S/C24H31F3N4O2/c25-24(26,27)20-5-6-21(19-2-1-7-28-23(19)20)31-13-17(16-3-4-16)12-18(14-31)29-22(32)15-30-8-10-33-11-9-30/h1-2,5-7,16-18,22,29,32H,3-4,8-15H2. The van der Waals surface area contributed by atoms with Gasteiger partial charge in [0.1, 0.15) is 6.23 Å². The summed E-state index contributed by atoms with van der Waals surface area (Å²) in [6.07, 6.45) is -0.306. The number of piperidine rings is 1. The minimum atomic E-state index is -4.45. The fraction of sp³-hybridized carbons (Fsp3) is 0.625. The Labute approximate surface area is 191 Å². The molecule has 3 unspecified atom stereocenters. The number of nitrogens with zero attached hydrogens (tertiary/aromatic N) is 3. The summed E-state index contributed by atoms with van der Waals surface area (Å²) in [7, 11) is 0. The van der Waals surface area contributed by atoms with Crippen LogP contribution in [0, 0.1) is 11.8 Å². The smallest absolute Gasteiger partial charge is 0.379 e. The summed E-state index contributed by atoms with van der Waals surface area (Å²) in [5, 5.41) is 14.6. The van der Waals surface area contributed by atoms with Crippen LogP contribution in [0.4, 0.5) is 18.9 Å². The first kappa shape index (κ1) is 22.8. The molecular formula is C24H31F3N4O2. The van der Waals surface area contributed by atoms with Crippen molar-refractivity contribution in [1.29, 1.82) is 0 Å². The predicted molar refractivity (Wildman–Crippen MR) is 120 cm³/mol. The van der Waals surface area contributed by atoms with E-state index in [9.17, 15) is 18.3 Å². The number of fused-ring (bicyclic) bond motifs is 1. The van der Waals surface area contributed by atoms with Crippen molar-refractivity contribution in [3.8, 4) is 0 Å². The molecule has 5 rings (SSSR count). The van der Waals surface area contributed by atoms with E-state index in [1.54, 1.807) is 18.2 Å². The van der Waals surface area contributed by atoms with E-state index < -0.39 is 18.0 Å². The summed E-state index contributed by atoms with van der Waals surface area (Å²) in [4.78, 5) is 8.46. The minimum absolute atomic E-state index is 0.00657. The van der Waals surface area contributed by atoms with Gasteiger partial charge in [0, 0.05) is 56.0 Å². The number of β-amino-alcohol motifs (C(OH)–C–C–N with tert-alkyl or cyclic N) is 1. The van der Waals surface area contributed by atoms with E-state index in [1.165, 1.54) is 19.0 Å². The van der Waals surface area contributed by atoms with E-state index in [0.717, 1.165) is 37.8 Å². The van der Waals surface area contributed by atoms with E-state index in [4.69, 9.17) is 4.74 Å². The summed E-state index contributed by atoms with van der Waals surface area (Å²) < 4.78 is 46.1. The van der Waals surface area contributed by atoms with Crippen molar-refractivity contribution in [3.63, 3.8) is 0 Å². The average Bonchev–Trinajstić information content (AvgIpc) is 3.63. The fourth-order valence-electron chi connectivity index (χ4n) is 5.38. The van der Waals surface area contributed by atoms with Crippen LogP contribution in [0.1, 0.15) is 24.8 Å². The van der Waals surface area contributed by atoms with Crippen LogP contribution in [0.2, 0.25) is 0 Å². The van der Waals surface area contributed by atoms with Gasteiger partial charge in [-0.2, -0.15) is 13.2 Å². The van der Waals surface area contributed by atoms with Crippen molar-refractivity contribution in [1.82, 2.24) is 15.2 Å². The number of halogens is 3. The highest BCUT2D eigenvalue weighted by Crippen LogP contribution is 2.43. The second-order valence-corrected chi connectivity index (χ2v) is 9.56. The first-order valence-electron chi connectivity index (χ1n) is 11.8. The second-order valence-electron chi connectivity index (χ2n) is 9.56. The predicted octanol–water partition coefficient (Wildman–Crippen LogP) is 3.10. The molecule has 2 N–H and O–H groups in total. The fourth-order valence-corrected chi connectivity index (χ4v) is 5.38. The molecule has 3 heterocycles. The topological polar surface area (TPSA) is 60.9 Å². The first-order chi connectivity index (χ1) is 15.9. The van der Waals surface area contributed by atoms with Crippen LogP contribution >= 0.6 is 0 Å². The Balaban J connectivity index is 1.37. The molecule has 33 heavy (non-hydrogen) atoms. The number of ether oxygens (including phenoxy) is 1. The van der Waals surface area contributed by atoms with E-state index in [0.29, 0.717) is 43.5 Å². The summed E-state index contributed by atoms with van der Waals surface area (Å²) in [6, 6.07) is 6.22. The lowest BCUT2D eigenvalue weighted by Crippen LogP contribution is -2.55. The number of pyridine rings is 1. The molecule has 3 atom stereocenters. The summed E-state index contributed by atoms with van der Waals surface area (Å²) in [6.45, 7) is 4.98. The molecule has 1 aromatic carbocycles. The third kappa shape index (κ3) is 5.26. The average molecular weight is 465 g/mol. The SMILES string of the molecule is OC(CN1CCOCC1)NC1CC(C2CC2)CN(c2ccc(C(F)(F)F)c3ncccc23)C1. The van der Waals surface area contributed by atoms with Gasteiger partial charge in [0.25, 0.3) is 0 Å². The van der Waals surface area contributed by atoms with Crippen molar-refractivity contribution in [3.05, 3.63) is 36.0 Å². The number of benzene rings is 1. The van der Waals surface area contributed by atoms with Crippen molar-refractivity contribution in [2.24, 2.45) is 11.8 Å². The van der Waals surface area contributed by atoms with Crippen LogP contribution in [0.3, 0.4) is 0 Å². The molecule has 3 fully saturated rings. The zero-order valence-electron chi connectivity index (χ0n) is 18.6. The van der Waals surface area contributed by atoms with Crippen LogP contribution in [-0.4, -0.2) is 73.2 Å². The number of aliphatic hydroxyl groups is 1. The lowest BCUT2D eigenvalue weighted by Gasteiger charge is -2.41. The monoisotopic (exact) mass is 464 g/mol. The van der Waals surface area contributed by atoms with E-state index >= 15 is 0 Å². The molecule has 1 aromatic heterocycles. The molecule has 0 spiro atoms. The summed E-state index contributed by atoms with van der Waals surface area (Å²) >= 11 is 0. The van der Waals surface area contributed by atoms with E-state index in [1.807, 2.05) is 0 Å². The van der Waals surface area contributed by atoms with E-state index in [2.05, 4.69) is 20.1 Å². The van der Waals surface area contributed by atoms with E-state index in [-0.39, 0.29) is 11.6 Å². The zero-order valence-corrected chi connectivity index (χ0v) is 18.6. The van der Waals surface area contributed by atoms with Crippen molar-refractivity contribution in [2.45, 2.75) is 37.7 Å². The van der Waals surface area contributed by atoms with Gasteiger partial charge in [0.05, 0.1) is 24.3 Å². The Morgan fingerprint density at radius 3 is 2.64 bits per heavy atom. The lowest BCUT2D eigenvalue weighted by molar-refractivity contribution is -0.136. The second kappa shape index (κ2) is 9.37. The van der Waals surface area contributed by atoms with Gasteiger partial charge >= 0.3 is 6.18 Å². The molecule has 0 amide bonds. The zero-order chi connectivity index (χ0) is 23.0. The number of aliphatic hydroxyl groups excluding tert-OH is 1. The third-order valence-electron chi connectivity index (χ3n) is 7.13. The van der Waals surface area contributed by atoms with Crippen LogP contribution in [0.15, 0.2) is 30.5 Å². The number of alkyl halides is 3. The molecule has 9 heteroatoms. The van der Waals surface area contributed by atoms with Gasteiger partial charge in [-0.05, 0) is 55.4 Å². The maximum atomic E-state index is 13.6. The van der Waals surface area contributed by atoms with Gasteiger partial charge in [-0.25, -0.2) is 0 Å². The molecule has 2 aliphatic heterocycles.